The Morgan fingerprint density at radius 3 is 3.04 bits per heavy atom. The molecule has 0 radical (unpaired) electrons. The van der Waals surface area contributed by atoms with E-state index < -0.39 is 0 Å². The maximum Gasteiger partial charge on any atom is 0.341 e. The number of piperidine rings is 1. The van der Waals surface area contributed by atoms with Crippen LogP contribution in [0, 0.1) is 5.92 Å². The van der Waals surface area contributed by atoms with Crippen molar-refractivity contribution in [3.63, 3.8) is 0 Å². The third-order valence-electron chi connectivity index (χ3n) is 4.41. The molecule has 0 amide bonds. The van der Waals surface area contributed by atoms with Gasteiger partial charge in [-0.25, -0.2) is 14.8 Å². The van der Waals surface area contributed by atoms with Crippen LogP contribution in [-0.4, -0.2) is 40.2 Å². The highest BCUT2D eigenvalue weighted by Crippen LogP contribution is 2.31. The fourth-order valence-corrected chi connectivity index (χ4v) is 3.11. The van der Waals surface area contributed by atoms with Gasteiger partial charge in [-0.15, -0.1) is 0 Å². The Kier molecular flexibility index (Phi) is 4.60. The van der Waals surface area contributed by atoms with E-state index in [-0.39, 0.29) is 5.97 Å². The van der Waals surface area contributed by atoms with Crippen LogP contribution in [0.5, 0.6) is 0 Å². The van der Waals surface area contributed by atoms with Gasteiger partial charge in [0.25, 0.3) is 0 Å². The van der Waals surface area contributed by atoms with Gasteiger partial charge in [-0.2, -0.15) is 0 Å². The van der Waals surface area contributed by atoms with Crippen molar-refractivity contribution in [2.24, 2.45) is 5.92 Å². The number of imidazole rings is 1. The molecule has 0 bridgehead atoms. The zero-order valence-corrected chi connectivity index (χ0v) is 13.6. The highest BCUT2D eigenvalue weighted by molar-refractivity contribution is 5.94. The molecule has 6 nitrogen and oxygen atoms in total. The second-order valence-corrected chi connectivity index (χ2v) is 5.88. The van der Waals surface area contributed by atoms with Crippen LogP contribution < -0.4 is 4.90 Å². The number of nitrogens with zero attached hydrogens (tertiary/aromatic N) is 4. The molecule has 1 fully saturated rings. The lowest BCUT2D eigenvalue weighted by Crippen LogP contribution is -2.41. The van der Waals surface area contributed by atoms with E-state index in [1.165, 1.54) is 0 Å². The van der Waals surface area contributed by atoms with Crippen LogP contribution in [0.25, 0.3) is 0 Å². The zero-order chi connectivity index (χ0) is 16.2. The van der Waals surface area contributed by atoms with Crippen LogP contribution in [0.3, 0.4) is 0 Å². The molecule has 1 aliphatic heterocycles. The molecule has 0 N–H and O–H groups in total. The van der Waals surface area contributed by atoms with Crippen molar-refractivity contribution < 1.29 is 9.53 Å². The number of ether oxygens (including phenoxy) is 1. The molecule has 1 aliphatic rings. The molecule has 2 aromatic rings. The van der Waals surface area contributed by atoms with Crippen LogP contribution >= 0.6 is 0 Å². The Morgan fingerprint density at radius 1 is 1.43 bits per heavy atom. The molecular weight excluding hydrogens is 292 g/mol. The number of rotatable bonds is 4. The molecule has 0 aromatic carbocycles. The third kappa shape index (κ3) is 3.21. The first-order valence-electron chi connectivity index (χ1n) is 8.05. The van der Waals surface area contributed by atoms with E-state index >= 15 is 0 Å². The minimum absolute atomic E-state index is 0.312. The maximum absolute atomic E-state index is 12.2. The van der Waals surface area contributed by atoms with Gasteiger partial charge >= 0.3 is 5.97 Å². The number of carbonyl (C=O) groups is 1. The van der Waals surface area contributed by atoms with E-state index in [4.69, 9.17) is 4.74 Å². The van der Waals surface area contributed by atoms with Gasteiger partial charge in [-0.3, -0.25) is 0 Å². The number of aromatic nitrogens is 3. The van der Waals surface area contributed by atoms with Gasteiger partial charge in [-0.1, -0.05) is 6.92 Å². The number of pyridine rings is 1. The SMILES string of the molecule is CCOC(=O)c1cccnc1N1CC[C@@H](C)[C@@H](n2ccnc2)C1. The first kappa shape index (κ1) is 15.5. The Morgan fingerprint density at radius 2 is 2.30 bits per heavy atom. The highest BCUT2D eigenvalue weighted by atomic mass is 16.5. The molecule has 0 spiro atoms. The Hall–Kier alpha value is -2.37. The van der Waals surface area contributed by atoms with E-state index in [1.54, 1.807) is 24.5 Å². The summed E-state index contributed by atoms with van der Waals surface area (Å²) < 4.78 is 7.30. The highest BCUT2D eigenvalue weighted by Gasteiger charge is 2.30. The predicted molar refractivity (Wildman–Crippen MR) is 87.5 cm³/mol. The molecule has 0 aliphatic carbocycles. The van der Waals surface area contributed by atoms with Crippen molar-refractivity contribution in [1.29, 1.82) is 0 Å². The van der Waals surface area contributed by atoms with Crippen LogP contribution in [0.15, 0.2) is 37.1 Å². The van der Waals surface area contributed by atoms with Crippen molar-refractivity contribution in [3.8, 4) is 0 Å². The molecule has 122 valence electrons. The lowest BCUT2D eigenvalue weighted by molar-refractivity contribution is 0.0526. The molecule has 6 heteroatoms. The first-order chi connectivity index (χ1) is 11.2. The van der Waals surface area contributed by atoms with Gasteiger partial charge in [0.1, 0.15) is 11.4 Å². The quantitative estimate of drug-likeness (QED) is 0.812. The van der Waals surface area contributed by atoms with Crippen LogP contribution in [0.1, 0.15) is 36.7 Å². The summed E-state index contributed by atoms with van der Waals surface area (Å²) in [6, 6.07) is 3.88. The minimum Gasteiger partial charge on any atom is -0.462 e. The summed E-state index contributed by atoms with van der Waals surface area (Å²) in [4.78, 5) is 23.0. The van der Waals surface area contributed by atoms with Crippen molar-refractivity contribution in [2.75, 3.05) is 24.6 Å². The second-order valence-electron chi connectivity index (χ2n) is 5.88. The Bertz CT molecular complexity index is 656. The Balaban J connectivity index is 1.86. The van der Waals surface area contributed by atoms with Gasteiger partial charge in [0.2, 0.25) is 0 Å². The van der Waals surface area contributed by atoms with Crippen molar-refractivity contribution in [2.45, 2.75) is 26.3 Å². The van der Waals surface area contributed by atoms with E-state index in [9.17, 15) is 4.79 Å². The predicted octanol–water partition coefficient (Wildman–Crippen LogP) is 2.54. The van der Waals surface area contributed by atoms with E-state index in [1.807, 2.05) is 19.4 Å². The van der Waals surface area contributed by atoms with Gasteiger partial charge in [0.05, 0.1) is 19.0 Å². The molecule has 3 heterocycles. The second kappa shape index (κ2) is 6.81. The molecular formula is C17H22N4O2. The third-order valence-corrected chi connectivity index (χ3v) is 4.41. The largest absolute Gasteiger partial charge is 0.462 e. The summed E-state index contributed by atoms with van der Waals surface area (Å²) in [6.07, 6.45) is 8.42. The molecule has 3 rings (SSSR count). The average Bonchev–Trinajstić information content (AvgIpc) is 3.10. The molecule has 0 unspecified atom stereocenters. The van der Waals surface area contributed by atoms with E-state index in [0.29, 0.717) is 29.9 Å². The van der Waals surface area contributed by atoms with Crippen LogP contribution in [0.2, 0.25) is 0 Å². The number of anilines is 1. The van der Waals surface area contributed by atoms with Gasteiger partial charge in [0.15, 0.2) is 0 Å². The van der Waals surface area contributed by atoms with Crippen molar-refractivity contribution >= 4 is 11.8 Å². The molecule has 23 heavy (non-hydrogen) atoms. The smallest absolute Gasteiger partial charge is 0.341 e. The van der Waals surface area contributed by atoms with Crippen LogP contribution in [-0.2, 0) is 4.74 Å². The van der Waals surface area contributed by atoms with Crippen molar-refractivity contribution in [3.05, 3.63) is 42.6 Å². The summed E-state index contributed by atoms with van der Waals surface area (Å²) in [6.45, 7) is 6.12. The van der Waals surface area contributed by atoms with Gasteiger partial charge < -0.3 is 14.2 Å². The number of hydrogen-bond donors (Lipinski definition) is 0. The fourth-order valence-electron chi connectivity index (χ4n) is 3.11. The van der Waals surface area contributed by atoms with Gasteiger partial charge in [-0.05, 0) is 31.4 Å². The average molecular weight is 314 g/mol. The first-order valence-corrected chi connectivity index (χ1v) is 8.05. The molecule has 2 aromatic heterocycles. The summed E-state index contributed by atoms with van der Waals surface area (Å²) in [7, 11) is 0. The molecule has 0 saturated carbocycles. The van der Waals surface area contributed by atoms with E-state index in [0.717, 1.165) is 19.5 Å². The monoisotopic (exact) mass is 314 g/mol. The molecule has 2 atom stereocenters. The number of esters is 1. The summed E-state index contributed by atoms with van der Waals surface area (Å²) in [5, 5.41) is 0. The van der Waals surface area contributed by atoms with Gasteiger partial charge in [0, 0.05) is 31.7 Å². The maximum atomic E-state index is 12.2. The zero-order valence-electron chi connectivity index (χ0n) is 13.6. The normalized spacial score (nSPS) is 21.2. The topological polar surface area (TPSA) is 60.2 Å². The van der Waals surface area contributed by atoms with Crippen molar-refractivity contribution in [1.82, 2.24) is 14.5 Å². The minimum atomic E-state index is -0.312. The summed E-state index contributed by atoms with van der Waals surface area (Å²) in [5.41, 5.74) is 0.535. The number of carbonyl (C=O) groups excluding carboxylic acids is 1. The Labute approximate surface area is 136 Å². The fraction of sp³-hybridized carbons (Fsp3) is 0.471. The standard InChI is InChI=1S/C17H22N4O2/c1-3-23-17(22)14-5-4-7-19-16(14)20-9-6-13(2)15(11-20)21-10-8-18-12-21/h4-5,7-8,10,12-13,15H,3,6,9,11H2,1-2H3/t13-,15+/m1/s1. The molecule has 1 saturated heterocycles. The summed E-state index contributed by atoms with van der Waals surface area (Å²) in [5.74, 6) is 0.951. The summed E-state index contributed by atoms with van der Waals surface area (Å²) >= 11 is 0. The van der Waals surface area contributed by atoms with E-state index in [2.05, 4.69) is 26.4 Å². The van der Waals surface area contributed by atoms with Crippen LogP contribution in [0.4, 0.5) is 5.82 Å². The lowest BCUT2D eigenvalue weighted by Gasteiger charge is -2.38. The number of hydrogen-bond acceptors (Lipinski definition) is 5. The lowest BCUT2D eigenvalue weighted by atomic mass is 9.93.